The van der Waals surface area contributed by atoms with Crippen LogP contribution in [0.5, 0.6) is 5.75 Å². The normalized spacial score (nSPS) is 15.0. The molecule has 1 fully saturated rings. The van der Waals surface area contributed by atoms with Crippen LogP contribution in [-0.2, 0) is 16.1 Å². The first kappa shape index (κ1) is 16.1. The van der Waals surface area contributed by atoms with Crippen LogP contribution in [0, 0.1) is 0 Å². The van der Waals surface area contributed by atoms with Gasteiger partial charge in [0.05, 0.1) is 18.2 Å². The summed E-state index contributed by atoms with van der Waals surface area (Å²) in [6.45, 7) is 6.15. The average molecular weight is 313 g/mol. The van der Waals surface area contributed by atoms with Crippen LogP contribution < -0.4 is 10.1 Å². The zero-order valence-corrected chi connectivity index (χ0v) is 13.0. The van der Waals surface area contributed by atoms with Gasteiger partial charge in [0.2, 0.25) is 0 Å². The molecule has 0 aromatic heterocycles. The molecule has 0 saturated carbocycles. The van der Waals surface area contributed by atoms with Crippen molar-refractivity contribution in [2.75, 3.05) is 39.5 Å². The smallest absolute Gasteiger partial charge is 0.260 e. The van der Waals surface area contributed by atoms with E-state index >= 15 is 0 Å². The van der Waals surface area contributed by atoms with Gasteiger partial charge in [-0.2, -0.15) is 0 Å². The Morgan fingerprint density at radius 3 is 2.86 bits per heavy atom. The van der Waals surface area contributed by atoms with E-state index in [4.69, 9.17) is 21.1 Å². The van der Waals surface area contributed by atoms with E-state index in [1.165, 1.54) is 0 Å². The summed E-state index contributed by atoms with van der Waals surface area (Å²) < 4.78 is 10.7. The van der Waals surface area contributed by atoms with Gasteiger partial charge in [-0.3, -0.25) is 4.79 Å². The third-order valence-corrected chi connectivity index (χ3v) is 3.59. The Hall–Kier alpha value is -1.30. The summed E-state index contributed by atoms with van der Waals surface area (Å²) in [6.07, 6.45) is 0. The molecular weight excluding hydrogens is 292 g/mol. The minimum Gasteiger partial charge on any atom is -0.482 e. The van der Waals surface area contributed by atoms with Gasteiger partial charge in [0.25, 0.3) is 5.91 Å². The number of nitrogens with one attached hydrogen (secondary N) is 1. The highest BCUT2D eigenvalue weighted by molar-refractivity contribution is 6.32. The summed E-state index contributed by atoms with van der Waals surface area (Å²) in [5, 5.41) is 3.76. The molecule has 0 unspecified atom stereocenters. The number of hydrogen-bond acceptors (Lipinski definition) is 4. The summed E-state index contributed by atoms with van der Waals surface area (Å²) in [4.78, 5) is 13.7. The Morgan fingerprint density at radius 1 is 1.43 bits per heavy atom. The first-order valence-electron chi connectivity index (χ1n) is 7.18. The van der Waals surface area contributed by atoms with Crippen molar-refractivity contribution in [3.05, 3.63) is 28.8 Å². The van der Waals surface area contributed by atoms with E-state index in [1.54, 1.807) is 4.90 Å². The van der Waals surface area contributed by atoms with E-state index in [9.17, 15) is 4.79 Å². The van der Waals surface area contributed by atoms with Crippen molar-refractivity contribution in [1.82, 2.24) is 10.2 Å². The molecule has 1 aromatic carbocycles. The average Bonchev–Trinajstić information content (AvgIpc) is 2.52. The van der Waals surface area contributed by atoms with Crippen LogP contribution in [0.25, 0.3) is 0 Å². The monoisotopic (exact) mass is 312 g/mol. The topological polar surface area (TPSA) is 50.8 Å². The van der Waals surface area contributed by atoms with E-state index in [0.717, 1.165) is 18.7 Å². The highest BCUT2D eigenvalue weighted by Crippen LogP contribution is 2.25. The zero-order chi connectivity index (χ0) is 15.1. The Bertz CT molecular complexity index is 476. The number of carbonyl (C=O) groups excluding carboxylic acids is 1. The summed E-state index contributed by atoms with van der Waals surface area (Å²) in [5.74, 6) is 0.504. The lowest BCUT2D eigenvalue weighted by Gasteiger charge is -2.26. The number of carbonyl (C=O) groups is 1. The van der Waals surface area contributed by atoms with E-state index in [-0.39, 0.29) is 12.5 Å². The third-order valence-electron chi connectivity index (χ3n) is 3.29. The zero-order valence-electron chi connectivity index (χ0n) is 12.2. The van der Waals surface area contributed by atoms with Gasteiger partial charge in [-0.1, -0.05) is 24.6 Å². The van der Waals surface area contributed by atoms with Crippen molar-refractivity contribution in [2.45, 2.75) is 13.5 Å². The van der Waals surface area contributed by atoms with Crippen molar-refractivity contribution in [3.8, 4) is 5.75 Å². The molecule has 1 saturated heterocycles. The number of amides is 1. The first-order chi connectivity index (χ1) is 10.2. The molecule has 2 rings (SSSR count). The van der Waals surface area contributed by atoms with Crippen LogP contribution in [0.2, 0.25) is 5.02 Å². The lowest BCUT2D eigenvalue weighted by atomic mass is 10.2. The molecule has 0 radical (unpaired) electrons. The largest absolute Gasteiger partial charge is 0.482 e. The minimum absolute atomic E-state index is 0.00623. The quantitative estimate of drug-likeness (QED) is 0.868. The van der Waals surface area contributed by atoms with Gasteiger partial charge in [0.1, 0.15) is 5.75 Å². The molecule has 0 atom stereocenters. The summed E-state index contributed by atoms with van der Waals surface area (Å²) in [5.41, 5.74) is 1.09. The predicted octanol–water partition coefficient (Wildman–Crippen LogP) is 1.69. The van der Waals surface area contributed by atoms with Crippen LogP contribution in [0.1, 0.15) is 12.5 Å². The highest BCUT2D eigenvalue weighted by Gasteiger charge is 2.17. The van der Waals surface area contributed by atoms with Crippen LogP contribution in [0.4, 0.5) is 0 Å². The van der Waals surface area contributed by atoms with Gasteiger partial charge in [0.15, 0.2) is 6.61 Å². The number of nitrogens with zero attached hydrogens (tertiary/aromatic N) is 1. The van der Waals surface area contributed by atoms with Crippen molar-refractivity contribution in [1.29, 1.82) is 0 Å². The number of rotatable bonds is 6. The van der Waals surface area contributed by atoms with E-state index in [0.29, 0.717) is 37.1 Å². The summed E-state index contributed by atoms with van der Waals surface area (Å²) >= 11 is 6.18. The fourth-order valence-electron chi connectivity index (χ4n) is 2.08. The lowest BCUT2D eigenvalue weighted by Crippen LogP contribution is -2.43. The van der Waals surface area contributed by atoms with Crippen LogP contribution in [-0.4, -0.2) is 50.3 Å². The molecule has 1 amide bonds. The number of hydrogen-bond donors (Lipinski definition) is 1. The lowest BCUT2D eigenvalue weighted by molar-refractivity contribution is -0.137. The minimum atomic E-state index is -0.0360. The van der Waals surface area contributed by atoms with Gasteiger partial charge < -0.3 is 19.7 Å². The van der Waals surface area contributed by atoms with Gasteiger partial charge >= 0.3 is 0 Å². The molecule has 1 N–H and O–H groups in total. The van der Waals surface area contributed by atoms with Gasteiger partial charge in [-0.05, 0) is 24.2 Å². The molecule has 5 nitrogen and oxygen atoms in total. The Balaban J connectivity index is 1.86. The van der Waals surface area contributed by atoms with Crippen LogP contribution >= 0.6 is 11.6 Å². The Labute approximate surface area is 130 Å². The van der Waals surface area contributed by atoms with Crippen LogP contribution in [0.3, 0.4) is 0 Å². The number of morpholine rings is 1. The molecule has 6 heteroatoms. The van der Waals surface area contributed by atoms with Crippen molar-refractivity contribution in [3.63, 3.8) is 0 Å². The molecule has 1 heterocycles. The van der Waals surface area contributed by atoms with Gasteiger partial charge in [-0.15, -0.1) is 0 Å². The van der Waals surface area contributed by atoms with Crippen molar-refractivity contribution >= 4 is 17.5 Å². The summed E-state index contributed by atoms with van der Waals surface area (Å²) in [7, 11) is 0. The van der Waals surface area contributed by atoms with Crippen molar-refractivity contribution in [2.24, 2.45) is 0 Å². The number of ether oxygens (including phenoxy) is 2. The molecule has 1 aromatic rings. The third kappa shape index (κ3) is 4.88. The van der Waals surface area contributed by atoms with Gasteiger partial charge in [-0.25, -0.2) is 0 Å². The first-order valence-corrected chi connectivity index (χ1v) is 7.56. The molecule has 0 spiro atoms. The van der Waals surface area contributed by atoms with Gasteiger partial charge in [0, 0.05) is 19.6 Å². The second-order valence-corrected chi connectivity index (χ2v) is 5.23. The van der Waals surface area contributed by atoms with E-state index < -0.39 is 0 Å². The molecular formula is C15H21ClN2O3. The van der Waals surface area contributed by atoms with E-state index in [2.05, 4.69) is 12.2 Å². The fraction of sp³-hybridized carbons (Fsp3) is 0.533. The molecule has 0 bridgehead atoms. The number of halogens is 1. The molecule has 1 aliphatic rings. The molecule has 1 aliphatic heterocycles. The predicted molar refractivity (Wildman–Crippen MR) is 81.7 cm³/mol. The maximum atomic E-state index is 12.0. The maximum absolute atomic E-state index is 12.0. The molecule has 0 aliphatic carbocycles. The second kappa shape index (κ2) is 8.22. The maximum Gasteiger partial charge on any atom is 0.260 e. The second-order valence-electron chi connectivity index (χ2n) is 4.83. The fourth-order valence-corrected chi connectivity index (χ4v) is 2.34. The highest BCUT2D eigenvalue weighted by atomic mass is 35.5. The summed E-state index contributed by atoms with van der Waals surface area (Å²) in [6, 6.07) is 5.61. The van der Waals surface area contributed by atoms with Crippen LogP contribution in [0.15, 0.2) is 18.2 Å². The Kier molecular flexibility index (Phi) is 6.29. The van der Waals surface area contributed by atoms with E-state index in [1.807, 2.05) is 18.2 Å². The molecule has 21 heavy (non-hydrogen) atoms. The molecule has 116 valence electrons. The number of benzene rings is 1. The SMILES string of the molecule is CCNCc1ccc(OCC(=O)N2CCOCC2)c(Cl)c1. The standard InChI is InChI=1S/C15H21ClN2O3/c1-2-17-10-12-3-4-14(13(16)9-12)21-11-15(19)18-5-7-20-8-6-18/h3-4,9,17H,2,5-8,10-11H2,1H3. The Morgan fingerprint density at radius 2 is 2.19 bits per heavy atom. The van der Waals surface area contributed by atoms with Crippen molar-refractivity contribution < 1.29 is 14.3 Å².